The van der Waals surface area contributed by atoms with E-state index in [0.29, 0.717) is 6.61 Å². The molecular weight excluding hydrogens is 220 g/mol. The first-order chi connectivity index (χ1) is 8.08. The number of nitrogens with zero attached hydrogens (tertiary/aromatic N) is 1. The summed E-state index contributed by atoms with van der Waals surface area (Å²) in [6, 6.07) is 5.04. The molecule has 0 aliphatic heterocycles. The molecule has 5 nitrogen and oxygen atoms in total. The fourth-order valence-corrected chi connectivity index (χ4v) is 1.61. The molecule has 0 bridgehead atoms. The first-order valence-corrected chi connectivity index (χ1v) is 5.59. The van der Waals surface area contributed by atoms with Crippen LogP contribution in [-0.4, -0.2) is 24.7 Å². The Kier molecular flexibility index (Phi) is 4.90. The molecule has 0 radical (unpaired) electrons. The van der Waals surface area contributed by atoms with Crippen LogP contribution in [0.4, 0.5) is 11.4 Å². The Balaban J connectivity index is 2.81. The van der Waals surface area contributed by atoms with Crippen molar-refractivity contribution in [1.29, 1.82) is 0 Å². The molecule has 1 N–H and O–H groups in total. The van der Waals surface area contributed by atoms with E-state index in [0.717, 1.165) is 17.7 Å². The Morgan fingerprint density at radius 1 is 1.53 bits per heavy atom. The second-order valence-electron chi connectivity index (χ2n) is 3.96. The second-order valence-corrected chi connectivity index (χ2v) is 3.96. The third-order valence-corrected chi connectivity index (χ3v) is 2.64. The molecule has 0 saturated carbocycles. The molecule has 1 unspecified atom stereocenters. The Bertz CT molecular complexity index is 393. The number of hydrogen-bond acceptors (Lipinski definition) is 4. The fraction of sp³-hybridized carbons (Fsp3) is 0.500. The van der Waals surface area contributed by atoms with E-state index in [9.17, 15) is 10.1 Å². The quantitative estimate of drug-likeness (QED) is 0.611. The molecule has 0 aliphatic carbocycles. The summed E-state index contributed by atoms with van der Waals surface area (Å²) >= 11 is 0. The van der Waals surface area contributed by atoms with Crippen molar-refractivity contribution in [3.05, 3.63) is 33.9 Å². The average molecular weight is 238 g/mol. The molecule has 0 aromatic heterocycles. The number of hydrogen-bond donors (Lipinski definition) is 1. The number of nitrogens with one attached hydrogen (secondary N) is 1. The molecule has 1 atom stereocenters. The van der Waals surface area contributed by atoms with E-state index >= 15 is 0 Å². The molecule has 1 aromatic rings. The lowest BCUT2D eigenvalue weighted by molar-refractivity contribution is -0.384. The van der Waals surface area contributed by atoms with Crippen molar-refractivity contribution in [3.63, 3.8) is 0 Å². The molecule has 0 aliphatic rings. The van der Waals surface area contributed by atoms with Crippen molar-refractivity contribution in [2.45, 2.75) is 26.3 Å². The van der Waals surface area contributed by atoms with E-state index in [1.54, 1.807) is 19.2 Å². The normalized spacial score (nSPS) is 12.2. The molecule has 94 valence electrons. The van der Waals surface area contributed by atoms with Gasteiger partial charge in [0.25, 0.3) is 5.69 Å². The molecule has 5 heteroatoms. The highest BCUT2D eigenvalue weighted by Crippen LogP contribution is 2.22. The van der Waals surface area contributed by atoms with Crippen LogP contribution in [0, 0.1) is 17.0 Å². The summed E-state index contributed by atoms with van der Waals surface area (Å²) < 4.78 is 5.10. The number of non-ortho nitro benzene ring substituents is 1. The van der Waals surface area contributed by atoms with Gasteiger partial charge in [0, 0.05) is 31.0 Å². The van der Waals surface area contributed by atoms with E-state index < -0.39 is 0 Å². The van der Waals surface area contributed by atoms with Gasteiger partial charge in [-0.15, -0.1) is 0 Å². The number of anilines is 1. The number of benzene rings is 1. The number of nitro groups is 1. The first kappa shape index (κ1) is 13.4. The maximum absolute atomic E-state index is 10.6. The van der Waals surface area contributed by atoms with Gasteiger partial charge in [0.15, 0.2) is 0 Å². The van der Waals surface area contributed by atoms with Gasteiger partial charge in [-0.3, -0.25) is 10.1 Å². The van der Waals surface area contributed by atoms with Crippen LogP contribution in [0.2, 0.25) is 0 Å². The molecule has 0 fully saturated rings. The van der Waals surface area contributed by atoms with Crippen molar-refractivity contribution < 1.29 is 9.66 Å². The molecule has 0 heterocycles. The molecule has 0 saturated heterocycles. The Morgan fingerprint density at radius 2 is 2.24 bits per heavy atom. The van der Waals surface area contributed by atoms with Crippen LogP contribution in [0.15, 0.2) is 18.2 Å². The highest BCUT2D eigenvalue weighted by molar-refractivity contribution is 5.55. The minimum atomic E-state index is -0.386. The maximum Gasteiger partial charge on any atom is 0.269 e. The van der Waals surface area contributed by atoms with Crippen LogP contribution in [0.25, 0.3) is 0 Å². The monoisotopic (exact) mass is 238 g/mol. The van der Waals surface area contributed by atoms with Crippen LogP contribution >= 0.6 is 0 Å². The van der Waals surface area contributed by atoms with Crippen molar-refractivity contribution >= 4 is 11.4 Å². The van der Waals surface area contributed by atoms with Crippen molar-refractivity contribution in [2.24, 2.45) is 0 Å². The SMILES string of the molecule is CCC(COC)Nc1ccc([N+](=O)[O-])cc1C. The zero-order chi connectivity index (χ0) is 12.8. The molecule has 1 rings (SSSR count). The van der Waals surface area contributed by atoms with Gasteiger partial charge in [0.05, 0.1) is 11.5 Å². The van der Waals surface area contributed by atoms with Gasteiger partial charge >= 0.3 is 0 Å². The lowest BCUT2D eigenvalue weighted by Gasteiger charge is -2.18. The van der Waals surface area contributed by atoms with Crippen molar-refractivity contribution in [3.8, 4) is 0 Å². The highest BCUT2D eigenvalue weighted by Gasteiger charge is 2.11. The minimum Gasteiger partial charge on any atom is -0.383 e. The van der Waals surface area contributed by atoms with Crippen LogP contribution in [0.5, 0.6) is 0 Å². The van der Waals surface area contributed by atoms with Crippen LogP contribution < -0.4 is 5.32 Å². The smallest absolute Gasteiger partial charge is 0.269 e. The summed E-state index contributed by atoms with van der Waals surface area (Å²) in [6.07, 6.45) is 0.935. The highest BCUT2D eigenvalue weighted by atomic mass is 16.6. The largest absolute Gasteiger partial charge is 0.383 e. The van der Waals surface area contributed by atoms with E-state index in [1.807, 2.05) is 6.92 Å². The van der Waals surface area contributed by atoms with Gasteiger partial charge in [-0.05, 0) is 25.0 Å². The number of aryl methyl sites for hydroxylation is 1. The van der Waals surface area contributed by atoms with Gasteiger partial charge < -0.3 is 10.1 Å². The zero-order valence-corrected chi connectivity index (χ0v) is 10.4. The molecule has 0 spiro atoms. The summed E-state index contributed by atoms with van der Waals surface area (Å²) in [5.74, 6) is 0. The summed E-state index contributed by atoms with van der Waals surface area (Å²) in [4.78, 5) is 10.2. The summed E-state index contributed by atoms with van der Waals surface area (Å²) in [6.45, 7) is 4.54. The summed E-state index contributed by atoms with van der Waals surface area (Å²) in [7, 11) is 1.66. The second kappa shape index (κ2) is 6.20. The Hall–Kier alpha value is -1.62. The number of methoxy groups -OCH3 is 1. The maximum atomic E-state index is 10.6. The fourth-order valence-electron chi connectivity index (χ4n) is 1.61. The lowest BCUT2D eigenvalue weighted by Crippen LogP contribution is -2.24. The summed E-state index contributed by atoms with van der Waals surface area (Å²) in [5, 5.41) is 13.9. The Morgan fingerprint density at radius 3 is 2.71 bits per heavy atom. The van der Waals surface area contributed by atoms with E-state index in [1.165, 1.54) is 6.07 Å². The number of nitro benzene ring substituents is 1. The standard InChI is InChI=1S/C12H18N2O3/c1-4-10(8-17-3)13-12-6-5-11(14(15)16)7-9(12)2/h5-7,10,13H,4,8H2,1-3H3. The van der Waals surface area contributed by atoms with Crippen LogP contribution in [-0.2, 0) is 4.74 Å². The molecule has 0 amide bonds. The van der Waals surface area contributed by atoms with E-state index in [4.69, 9.17) is 4.74 Å². The molecule has 1 aromatic carbocycles. The topological polar surface area (TPSA) is 64.4 Å². The lowest BCUT2D eigenvalue weighted by atomic mass is 10.1. The van der Waals surface area contributed by atoms with Gasteiger partial charge in [-0.2, -0.15) is 0 Å². The average Bonchev–Trinajstić information content (AvgIpc) is 2.30. The van der Waals surface area contributed by atoms with E-state index in [-0.39, 0.29) is 16.7 Å². The van der Waals surface area contributed by atoms with Gasteiger partial charge in [-0.25, -0.2) is 0 Å². The van der Waals surface area contributed by atoms with Crippen molar-refractivity contribution in [2.75, 3.05) is 19.0 Å². The molecular formula is C12H18N2O3. The third-order valence-electron chi connectivity index (χ3n) is 2.64. The minimum absolute atomic E-state index is 0.118. The third kappa shape index (κ3) is 3.71. The summed E-state index contributed by atoms with van der Waals surface area (Å²) in [5.41, 5.74) is 1.90. The number of ether oxygens (including phenoxy) is 1. The Labute approximate surface area is 101 Å². The van der Waals surface area contributed by atoms with Gasteiger partial charge in [0.2, 0.25) is 0 Å². The van der Waals surface area contributed by atoms with Crippen LogP contribution in [0.1, 0.15) is 18.9 Å². The zero-order valence-electron chi connectivity index (χ0n) is 10.4. The van der Waals surface area contributed by atoms with E-state index in [2.05, 4.69) is 12.2 Å². The first-order valence-electron chi connectivity index (χ1n) is 5.59. The number of rotatable bonds is 6. The van der Waals surface area contributed by atoms with Gasteiger partial charge in [-0.1, -0.05) is 6.92 Å². The van der Waals surface area contributed by atoms with Crippen molar-refractivity contribution in [1.82, 2.24) is 0 Å². The predicted octanol–water partition coefficient (Wildman–Crippen LogP) is 2.74. The van der Waals surface area contributed by atoms with Crippen LogP contribution in [0.3, 0.4) is 0 Å². The predicted molar refractivity (Wildman–Crippen MR) is 67.4 cm³/mol. The molecule has 17 heavy (non-hydrogen) atoms. The van der Waals surface area contributed by atoms with Gasteiger partial charge in [0.1, 0.15) is 0 Å².